The molecule has 0 fully saturated rings. The summed E-state index contributed by atoms with van der Waals surface area (Å²) in [5.41, 5.74) is 6.24. The van der Waals surface area contributed by atoms with Gasteiger partial charge in [-0.3, -0.25) is 4.79 Å². The fourth-order valence-corrected chi connectivity index (χ4v) is 1.57. The lowest BCUT2D eigenvalue weighted by Gasteiger charge is -2.14. The minimum Gasteiger partial charge on any atom is -0.489 e. The first-order valence-corrected chi connectivity index (χ1v) is 6.34. The first kappa shape index (κ1) is 14.8. The van der Waals surface area contributed by atoms with Gasteiger partial charge in [0.25, 0.3) is 0 Å². The van der Waals surface area contributed by atoms with Gasteiger partial charge in [-0.2, -0.15) is 0 Å². The molecule has 1 rings (SSSR count). The number of benzene rings is 1. The molecule has 0 saturated carbocycles. The van der Waals surface area contributed by atoms with E-state index >= 15 is 0 Å². The highest BCUT2D eigenvalue weighted by Gasteiger charge is 2.12. The fraction of sp³-hybridized carbons (Fsp3) is 0.462. The lowest BCUT2D eigenvalue weighted by Crippen LogP contribution is -2.34. The molecule has 3 N–H and O–H groups in total. The normalized spacial score (nSPS) is 12.3. The maximum absolute atomic E-state index is 11.6. The van der Waals surface area contributed by atoms with Crippen LogP contribution in [0.25, 0.3) is 0 Å². The van der Waals surface area contributed by atoms with E-state index in [0.717, 1.165) is 0 Å². The number of carbonyl (C=O) groups is 1. The molecular formula is C13H19ClN2O2. The second-order valence-corrected chi connectivity index (χ2v) is 4.72. The van der Waals surface area contributed by atoms with Crippen molar-refractivity contribution in [2.75, 3.05) is 5.32 Å². The lowest BCUT2D eigenvalue weighted by atomic mass is 10.2. The lowest BCUT2D eigenvalue weighted by molar-refractivity contribution is -0.117. The molecule has 0 radical (unpaired) electrons. The number of hydrogen-bond donors (Lipinski definition) is 2. The highest BCUT2D eigenvalue weighted by Crippen LogP contribution is 2.28. The first-order chi connectivity index (χ1) is 8.43. The van der Waals surface area contributed by atoms with Gasteiger partial charge >= 0.3 is 0 Å². The summed E-state index contributed by atoms with van der Waals surface area (Å²) >= 11 is 6.06. The van der Waals surface area contributed by atoms with Gasteiger partial charge in [0.05, 0.1) is 17.2 Å². The van der Waals surface area contributed by atoms with Gasteiger partial charge in [-0.1, -0.05) is 18.5 Å². The smallest absolute Gasteiger partial charge is 0.241 e. The highest BCUT2D eigenvalue weighted by atomic mass is 35.5. The van der Waals surface area contributed by atoms with Crippen LogP contribution in [-0.4, -0.2) is 18.1 Å². The molecule has 1 amide bonds. The number of carbonyl (C=O) groups excluding carboxylic acids is 1. The van der Waals surface area contributed by atoms with Crippen LogP contribution in [0.15, 0.2) is 18.2 Å². The first-order valence-electron chi connectivity index (χ1n) is 5.96. The van der Waals surface area contributed by atoms with E-state index in [1.165, 1.54) is 0 Å². The van der Waals surface area contributed by atoms with E-state index in [4.69, 9.17) is 22.1 Å². The van der Waals surface area contributed by atoms with E-state index in [-0.39, 0.29) is 12.0 Å². The molecule has 0 aromatic heterocycles. The number of rotatable bonds is 5. The number of ether oxygens (including phenoxy) is 1. The predicted molar refractivity (Wildman–Crippen MR) is 74.1 cm³/mol. The Morgan fingerprint density at radius 2 is 2.17 bits per heavy atom. The van der Waals surface area contributed by atoms with Gasteiger partial charge in [-0.15, -0.1) is 0 Å². The standard InChI is InChI=1S/C13H19ClN2O2/c1-4-11(15)13(17)16-9-5-6-12(10(14)7-9)18-8(2)3/h5-8,11H,4,15H2,1-3H3,(H,16,17)/t11-/m1/s1. The molecule has 0 saturated heterocycles. The van der Waals surface area contributed by atoms with Gasteiger partial charge in [0.2, 0.25) is 5.91 Å². The van der Waals surface area contributed by atoms with Crippen LogP contribution in [0.1, 0.15) is 27.2 Å². The quantitative estimate of drug-likeness (QED) is 0.865. The minimum atomic E-state index is -0.504. The summed E-state index contributed by atoms with van der Waals surface area (Å²) in [5.74, 6) is 0.385. The summed E-state index contributed by atoms with van der Waals surface area (Å²) in [6, 6.07) is 4.62. The van der Waals surface area contributed by atoms with Crippen LogP contribution < -0.4 is 15.8 Å². The summed E-state index contributed by atoms with van der Waals surface area (Å²) in [6.07, 6.45) is 0.644. The molecule has 0 aliphatic carbocycles. The molecule has 0 heterocycles. The Hall–Kier alpha value is -1.26. The second-order valence-electron chi connectivity index (χ2n) is 4.32. The van der Waals surface area contributed by atoms with Crippen LogP contribution in [0, 0.1) is 0 Å². The molecule has 100 valence electrons. The van der Waals surface area contributed by atoms with Gasteiger partial charge in [-0.25, -0.2) is 0 Å². The third-order valence-electron chi connectivity index (χ3n) is 2.34. The topological polar surface area (TPSA) is 64.4 Å². The highest BCUT2D eigenvalue weighted by molar-refractivity contribution is 6.32. The number of halogens is 1. The number of hydrogen-bond acceptors (Lipinski definition) is 3. The Morgan fingerprint density at radius 3 is 2.67 bits per heavy atom. The van der Waals surface area contributed by atoms with E-state index in [0.29, 0.717) is 22.9 Å². The predicted octanol–water partition coefficient (Wildman–Crippen LogP) is 2.80. The Kier molecular flexibility index (Phi) is 5.44. The summed E-state index contributed by atoms with van der Waals surface area (Å²) in [5, 5.41) is 3.17. The molecule has 0 unspecified atom stereocenters. The molecule has 1 atom stereocenters. The molecule has 0 bridgehead atoms. The molecule has 1 aromatic carbocycles. The maximum atomic E-state index is 11.6. The molecule has 0 spiro atoms. The molecule has 1 aromatic rings. The zero-order chi connectivity index (χ0) is 13.7. The zero-order valence-electron chi connectivity index (χ0n) is 10.9. The third-order valence-corrected chi connectivity index (χ3v) is 2.63. The van der Waals surface area contributed by atoms with Crippen molar-refractivity contribution in [1.29, 1.82) is 0 Å². The second kappa shape index (κ2) is 6.61. The van der Waals surface area contributed by atoms with Gasteiger partial charge in [0.15, 0.2) is 0 Å². The van der Waals surface area contributed by atoms with Gasteiger partial charge < -0.3 is 15.8 Å². The SMILES string of the molecule is CC[C@@H](N)C(=O)Nc1ccc(OC(C)C)c(Cl)c1. The van der Waals surface area contributed by atoms with Gasteiger partial charge in [0, 0.05) is 5.69 Å². The summed E-state index contributed by atoms with van der Waals surface area (Å²) < 4.78 is 5.50. The van der Waals surface area contributed by atoms with Gasteiger partial charge in [0.1, 0.15) is 5.75 Å². The number of nitrogens with one attached hydrogen (secondary N) is 1. The van der Waals surface area contributed by atoms with Crippen LogP contribution in [0.4, 0.5) is 5.69 Å². The van der Waals surface area contributed by atoms with E-state index in [1.54, 1.807) is 18.2 Å². The van der Waals surface area contributed by atoms with Crippen LogP contribution in [0.2, 0.25) is 5.02 Å². The Bertz CT molecular complexity index is 421. The molecule has 4 nitrogen and oxygen atoms in total. The van der Waals surface area contributed by atoms with Crippen molar-refractivity contribution >= 4 is 23.2 Å². The number of anilines is 1. The van der Waals surface area contributed by atoms with E-state index in [1.807, 2.05) is 20.8 Å². The summed E-state index contributed by atoms with van der Waals surface area (Å²) in [6.45, 7) is 5.70. The van der Waals surface area contributed by atoms with E-state index < -0.39 is 6.04 Å². The zero-order valence-corrected chi connectivity index (χ0v) is 11.6. The Labute approximate surface area is 112 Å². The van der Waals surface area contributed by atoms with Crippen molar-refractivity contribution in [1.82, 2.24) is 0 Å². The Morgan fingerprint density at radius 1 is 1.50 bits per heavy atom. The average Bonchev–Trinajstić information content (AvgIpc) is 2.31. The van der Waals surface area contributed by atoms with Crippen molar-refractivity contribution in [2.24, 2.45) is 5.73 Å². The van der Waals surface area contributed by atoms with E-state index in [9.17, 15) is 4.79 Å². The largest absolute Gasteiger partial charge is 0.489 e. The van der Waals surface area contributed by atoms with Crippen molar-refractivity contribution in [3.8, 4) is 5.75 Å². The fourth-order valence-electron chi connectivity index (χ4n) is 1.35. The van der Waals surface area contributed by atoms with Crippen molar-refractivity contribution in [3.63, 3.8) is 0 Å². The van der Waals surface area contributed by atoms with Crippen molar-refractivity contribution < 1.29 is 9.53 Å². The maximum Gasteiger partial charge on any atom is 0.241 e. The third kappa shape index (κ3) is 4.20. The number of nitrogens with two attached hydrogens (primary N) is 1. The molecule has 0 aliphatic rings. The van der Waals surface area contributed by atoms with Crippen molar-refractivity contribution in [3.05, 3.63) is 23.2 Å². The molecular weight excluding hydrogens is 252 g/mol. The van der Waals surface area contributed by atoms with Crippen LogP contribution in [-0.2, 0) is 4.79 Å². The van der Waals surface area contributed by atoms with Crippen LogP contribution in [0.5, 0.6) is 5.75 Å². The van der Waals surface area contributed by atoms with Crippen LogP contribution >= 0.6 is 11.6 Å². The Balaban J connectivity index is 2.75. The number of amides is 1. The summed E-state index contributed by atoms with van der Waals surface area (Å²) in [7, 11) is 0. The minimum absolute atomic E-state index is 0.0523. The van der Waals surface area contributed by atoms with Crippen molar-refractivity contribution in [2.45, 2.75) is 39.3 Å². The molecule has 18 heavy (non-hydrogen) atoms. The monoisotopic (exact) mass is 270 g/mol. The van der Waals surface area contributed by atoms with Gasteiger partial charge in [-0.05, 0) is 38.5 Å². The molecule has 5 heteroatoms. The average molecular weight is 271 g/mol. The molecule has 0 aliphatic heterocycles. The van der Waals surface area contributed by atoms with E-state index in [2.05, 4.69) is 5.32 Å². The summed E-state index contributed by atoms with van der Waals surface area (Å²) in [4.78, 5) is 11.6. The van der Waals surface area contributed by atoms with Crippen LogP contribution in [0.3, 0.4) is 0 Å².